The van der Waals surface area contributed by atoms with E-state index in [1.807, 2.05) is 12.1 Å². The van der Waals surface area contributed by atoms with E-state index in [-0.39, 0.29) is 0 Å². The highest BCUT2D eigenvalue weighted by Crippen LogP contribution is 2.13. The standard InChI is InChI=1S/C12H11Cl2N3/c13-9-3-1-5-16-11(9)7-15-8-12-10(14)4-2-6-17-12/h1-6,15H,7-8H2. The minimum Gasteiger partial charge on any atom is -0.305 e. The smallest absolute Gasteiger partial charge is 0.0727 e. The Kier molecular flexibility index (Phi) is 4.31. The van der Waals surface area contributed by atoms with Gasteiger partial charge in [0.1, 0.15) is 0 Å². The van der Waals surface area contributed by atoms with Gasteiger partial charge < -0.3 is 5.32 Å². The molecule has 1 N–H and O–H groups in total. The third-order valence-electron chi connectivity index (χ3n) is 2.25. The topological polar surface area (TPSA) is 37.8 Å². The Morgan fingerprint density at radius 3 is 1.76 bits per heavy atom. The van der Waals surface area contributed by atoms with Crippen LogP contribution in [0.25, 0.3) is 0 Å². The SMILES string of the molecule is Clc1cccnc1CNCc1ncccc1Cl. The fourth-order valence-electron chi connectivity index (χ4n) is 1.40. The maximum Gasteiger partial charge on any atom is 0.0727 e. The van der Waals surface area contributed by atoms with Crippen LogP contribution in [0, 0.1) is 0 Å². The molecule has 0 spiro atoms. The van der Waals surface area contributed by atoms with Gasteiger partial charge in [-0.25, -0.2) is 0 Å². The van der Waals surface area contributed by atoms with Crippen LogP contribution in [0.2, 0.25) is 10.0 Å². The van der Waals surface area contributed by atoms with Crippen molar-refractivity contribution in [2.45, 2.75) is 13.1 Å². The molecule has 0 radical (unpaired) electrons. The zero-order chi connectivity index (χ0) is 12.1. The van der Waals surface area contributed by atoms with E-state index in [9.17, 15) is 0 Å². The van der Waals surface area contributed by atoms with E-state index in [0.717, 1.165) is 11.4 Å². The van der Waals surface area contributed by atoms with E-state index in [0.29, 0.717) is 23.1 Å². The molecule has 0 aliphatic rings. The lowest BCUT2D eigenvalue weighted by molar-refractivity contribution is 0.668. The first-order valence-electron chi connectivity index (χ1n) is 5.17. The van der Waals surface area contributed by atoms with Gasteiger partial charge in [-0.15, -0.1) is 0 Å². The van der Waals surface area contributed by atoms with Gasteiger partial charge in [0, 0.05) is 25.5 Å². The van der Waals surface area contributed by atoms with Gasteiger partial charge in [-0.05, 0) is 24.3 Å². The molecule has 0 aliphatic carbocycles. The van der Waals surface area contributed by atoms with Crippen molar-refractivity contribution in [3.8, 4) is 0 Å². The Morgan fingerprint density at radius 1 is 0.882 bits per heavy atom. The zero-order valence-corrected chi connectivity index (χ0v) is 10.5. The lowest BCUT2D eigenvalue weighted by atomic mass is 10.3. The number of halogens is 2. The molecule has 0 saturated carbocycles. The zero-order valence-electron chi connectivity index (χ0n) is 9.03. The van der Waals surface area contributed by atoms with Crippen LogP contribution in [-0.4, -0.2) is 9.97 Å². The highest BCUT2D eigenvalue weighted by atomic mass is 35.5. The average Bonchev–Trinajstić information content (AvgIpc) is 2.34. The Morgan fingerprint density at radius 2 is 1.35 bits per heavy atom. The second-order valence-electron chi connectivity index (χ2n) is 3.47. The molecule has 0 fully saturated rings. The van der Waals surface area contributed by atoms with Crippen molar-refractivity contribution in [1.29, 1.82) is 0 Å². The summed E-state index contributed by atoms with van der Waals surface area (Å²) in [5.41, 5.74) is 1.64. The monoisotopic (exact) mass is 267 g/mol. The molecule has 2 rings (SSSR count). The number of nitrogens with zero attached hydrogens (tertiary/aromatic N) is 2. The molecule has 5 heteroatoms. The molecule has 0 aromatic carbocycles. The van der Waals surface area contributed by atoms with Gasteiger partial charge in [-0.3, -0.25) is 9.97 Å². The summed E-state index contributed by atoms with van der Waals surface area (Å²) in [7, 11) is 0. The van der Waals surface area contributed by atoms with Gasteiger partial charge in [-0.2, -0.15) is 0 Å². The van der Waals surface area contributed by atoms with Crippen molar-refractivity contribution < 1.29 is 0 Å². The third kappa shape index (κ3) is 3.40. The Bertz CT molecular complexity index is 457. The number of hydrogen-bond donors (Lipinski definition) is 1. The first-order chi connectivity index (χ1) is 8.27. The molecule has 0 amide bonds. The molecule has 17 heavy (non-hydrogen) atoms. The van der Waals surface area contributed by atoms with Crippen molar-refractivity contribution in [1.82, 2.24) is 15.3 Å². The molecule has 2 aromatic rings. The van der Waals surface area contributed by atoms with Crippen LogP contribution in [0.15, 0.2) is 36.7 Å². The first-order valence-corrected chi connectivity index (χ1v) is 5.92. The maximum atomic E-state index is 5.99. The van der Waals surface area contributed by atoms with Crippen LogP contribution in [0.4, 0.5) is 0 Å². The minimum absolute atomic E-state index is 0.590. The van der Waals surface area contributed by atoms with Gasteiger partial charge in [0.05, 0.1) is 21.4 Å². The molecule has 2 heterocycles. The number of pyridine rings is 2. The lowest BCUT2D eigenvalue weighted by Crippen LogP contribution is -2.15. The molecule has 0 aliphatic heterocycles. The van der Waals surface area contributed by atoms with Gasteiger partial charge >= 0.3 is 0 Å². The number of hydrogen-bond acceptors (Lipinski definition) is 3. The van der Waals surface area contributed by atoms with Crippen molar-refractivity contribution in [3.05, 3.63) is 58.1 Å². The molecule has 0 atom stereocenters. The predicted molar refractivity (Wildman–Crippen MR) is 69.0 cm³/mol. The Labute approximate surface area is 110 Å². The summed E-state index contributed by atoms with van der Waals surface area (Å²) in [6.45, 7) is 1.18. The van der Waals surface area contributed by atoms with Crippen molar-refractivity contribution in [3.63, 3.8) is 0 Å². The van der Waals surface area contributed by atoms with Crippen LogP contribution >= 0.6 is 23.2 Å². The summed E-state index contributed by atoms with van der Waals surface area (Å²) in [5, 5.41) is 4.52. The molecule has 3 nitrogen and oxygen atoms in total. The molecular formula is C12H11Cl2N3. The van der Waals surface area contributed by atoms with Crippen molar-refractivity contribution >= 4 is 23.2 Å². The summed E-state index contributed by atoms with van der Waals surface area (Å²) in [6.07, 6.45) is 3.44. The van der Waals surface area contributed by atoms with E-state index in [1.54, 1.807) is 24.5 Å². The van der Waals surface area contributed by atoms with E-state index >= 15 is 0 Å². The second kappa shape index (κ2) is 5.96. The first kappa shape index (κ1) is 12.3. The second-order valence-corrected chi connectivity index (χ2v) is 4.28. The summed E-state index contributed by atoms with van der Waals surface area (Å²) >= 11 is 12.0. The summed E-state index contributed by atoms with van der Waals surface area (Å²) in [6, 6.07) is 7.25. The van der Waals surface area contributed by atoms with Crippen molar-refractivity contribution in [2.24, 2.45) is 0 Å². The molecule has 0 bridgehead atoms. The fourth-order valence-corrected chi connectivity index (χ4v) is 1.77. The highest BCUT2D eigenvalue weighted by molar-refractivity contribution is 6.31. The Hall–Kier alpha value is -1.16. The molecule has 0 saturated heterocycles. The molecule has 2 aromatic heterocycles. The largest absolute Gasteiger partial charge is 0.305 e. The average molecular weight is 268 g/mol. The van der Waals surface area contributed by atoms with Gasteiger partial charge in [-0.1, -0.05) is 23.2 Å². The molecule has 88 valence electrons. The lowest BCUT2D eigenvalue weighted by Gasteiger charge is -2.06. The van der Waals surface area contributed by atoms with Crippen LogP contribution in [-0.2, 0) is 13.1 Å². The predicted octanol–water partition coefficient (Wildman–Crippen LogP) is 3.07. The van der Waals surface area contributed by atoms with E-state index in [1.165, 1.54) is 0 Å². The van der Waals surface area contributed by atoms with Crippen LogP contribution in [0.3, 0.4) is 0 Å². The number of aromatic nitrogens is 2. The number of rotatable bonds is 4. The fraction of sp³-hybridized carbons (Fsp3) is 0.167. The molecular weight excluding hydrogens is 257 g/mol. The summed E-state index contributed by atoms with van der Waals surface area (Å²) in [5.74, 6) is 0. The van der Waals surface area contributed by atoms with E-state index < -0.39 is 0 Å². The van der Waals surface area contributed by atoms with E-state index in [2.05, 4.69) is 15.3 Å². The van der Waals surface area contributed by atoms with Crippen LogP contribution in [0.5, 0.6) is 0 Å². The van der Waals surface area contributed by atoms with E-state index in [4.69, 9.17) is 23.2 Å². The summed E-state index contributed by atoms with van der Waals surface area (Å²) < 4.78 is 0. The minimum atomic E-state index is 0.590. The van der Waals surface area contributed by atoms with Crippen molar-refractivity contribution in [2.75, 3.05) is 0 Å². The van der Waals surface area contributed by atoms with Gasteiger partial charge in [0.2, 0.25) is 0 Å². The number of nitrogens with one attached hydrogen (secondary N) is 1. The Balaban J connectivity index is 1.93. The third-order valence-corrected chi connectivity index (χ3v) is 2.94. The van der Waals surface area contributed by atoms with Crippen LogP contribution in [0.1, 0.15) is 11.4 Å². The normalized spacial score (nSPS) is 10.5. The maximum absolute atomic E-state index is 5.99. The van der Waals surface area contributed by atoms with Crippen LogP contribution < -0.4 is 5.32 Å². The summed E-state index contributed by atoms with van der Waals surface area (Å²) in [4.78, 5) is 8.37. The molecule has 0 unspecified atom stereocenters. The quantitative estimate of drug-likeness (QED) is 0.926. The van der Waals surface area contributed by atoms with Gasteiger partial charge in [0.15, 0.2) is 0 Å². The highest BCUT2D eigenvalue weighted by Gasteiger charge is 2.02. The van der Waals surface area contributed by atoms with Gasteiger partial charge in [0.25, 0.3) is 0 Å².